The summed E-state index contributed by atoms with van der Waals surface area (Å²) in [4.78, 5) is 8.56. The summed E-state index contributed by atoms with van der Waals surface area (Å²) < 4.78 is 0. The van der Waals surface area contributed by atoms with Gasteiger partial charge in [-0.25, -0.2) is 4.98 Å². The van der Waals surface area contributed by atoms with Gasteiger partial charge in [0.05, 0.1) is 11.4 Å². The van der Waals surface area contributed by atoms with E-state index >= 15 is 0 Å². The number of aromatic nitrogens is 2. The van der Waals surface area contributed by atoms with Crippen molar-refractivity contribution < 1.29 is 0 Å². The van der Waals surface area contributed by atoms with Crippen molar-refractivity contribution in [3.05, 3.63) is 102 Å². The Balaban J connectivity index is 1.84. The molecule has 0 saturated carbocycles. The van der Waals surface area contributed by atoms with Gasteiger partial charge in [0.25, 0.3) is 0 Å². The van der Waals surface area contributed by atoms with Crippen molar-refractivity contribution in [3.8, 4) is 22.5 Å². The second-order valence-corrected chi connectivity index (χ2v) is 6.21. The van der Waals surface area contributed by atoms with Crippen LogP contribution in [-0.4, -0.2) is 9.97 Å². The molecule has 1 N–H and O–H groups in total. The van der Waals surface area contributed by atoms with Gasteiger partial charge in [-0.3, -0.25) is 0 Å². The van der Waals surface area contributed by atoms with E-state index < -0.39 is 0 Å². The lowest BCUT2D eigenvalue weighted by molar-refractivity contribution is 0.841. The number of hydrogen-bond acceptors (Lipinski definition) is 1. The summed E-state index contributed by atoms with van der Waals surface area (Å²) in [7, 11) is 0. The van der Waals surface area contributed by atoms with E-state index in [0.717, 1.165) is 28.3 Å². The molecule has 0 amide bonds. The first-order valence-corrected chi connectivity index (χ1v) is 8.58. The van der Waals surface area contributed by atoms with E-state index in [2.05, 4.69) is 84.7 Å². The smallest absolute Gasteiger partial charge is 0.114 e. The van der Waals surface area contributed by atoms with Crippen LogP contribution in [-0.2, 0) is 0 Å². The molecule has 2 nitrogen and oxygen atoms in total. The van der Waals surface area contributed by atoms with Gasteiger partial charge in [0.1, 0.15) is 5.82 Å². The monoisotopic (exact) mass is 324 g/mol. The van der Waals surface area contributed by atoms with Gasteiger partial charge in [-0.05, 0) is 5.56 Å². The molecule has 0 spiro atoms. The molecule has 1 unspecified atom stereocenters. The summed E-state index contributed by atoms with van der Waals surface area (Å²) in [6.45, 7) is 2.19. The fourth-order valence-corrected chi connectivity index (χ4v) is 3.11. The van der Waals surface area contributed by atoms with Crippen molar-refractivity contribution >= 4 is 0 Å². The first kappa shape index (κ1) is 15.4. The summed E-state index contributed by atoms with van der Waals surface area (Å²) in [6.07, 6.45) is 0. The molecule has 0 radical (unpaired) electrons. The standard InChI is InChI=1S/C23H20N2/c1-17(18-11-5-2-6-12-18)23-24-21(19-13-7-3-8-14-19)22(25-23)20-15-9-4-10-16-20/h2-17H,1H3,(H,24,25). The van der Waals surface area contributed by atoms with Gasteiger partial charge < -0.3 is 4.98 Å². The maximum atomic E-state index is 4.98. The third kappa shape index (κ3) is 3.11. The summed E-state index contributed by atoms with van der Waals surface area (Å²) in [5.41, 5.74) is 5.62. The summed E-state index contributed by atoms with van der Waals surface area (Å²) >= 11 is 0. The van der Waals surface area contributed by atoms with Crippen LogP contribution in [0, 0.1) is 0 Å². The van der Waals surface area contributed by atoms with Gasteiger partial charge in [0.15, 0.2) is 0 Å². The molecule has 0 bridgehead atoms. The van der Waals surface area contributed by atoms with Gasteiger partial charge >= 0.3 is 0 Å². The highest BCUT2D eigenvalue weighted by Gasteiger charge is 2.18. The van der Waals surface area contributed by atoms with E-state index in [-0.39, 0.29) is 5.92 Å². The molecule has 25 heavy (non-hydrogen) atoms. The number of nitrogens with zero attached hydrogens (tertiary/aromatic N) is 1. The Bertz CT molecular complexity index is 884. The molecule has 0 aliphatic carbocycles. The van der Waals surface area contributed by atoms with Crippen molar-refractivity contribution in [2.75, 3.05) is 0 Å². The zero-order valence-corrected chi connectivity index (χ0v) is 14.2. The summed E-state index contributed by atoms with van der Waals surface area (Å²) in [5, 5.41) is 0. The van der Waals surface area contributed by atoms with E-state index in [1.807, 2.05) is 18.2 Å². The Kier molecular flexibility index (Phi) is 4.17. The summed E-state index contributed by atoms with van der Waals surface area (Å²) in [6, 6.07) is 31.3. The van der Waals surface area contributed by atoms with Gasteiger partial charge in [-0.2, -0.15) is 0 Å². The number of aromatic amines is 1. The van der Waals surface area contributed by atoms with Crippen LogP contribution in [0.1, 0.15) is 24.2 Å². The van der Waals surface area contributed by atoms with Crippen molar-refractivity contribution in [3.63, 3.8) is 0 Å². The minimum atomic E-state index is 0.209. The third-order valence-electron chi connectivity index (χ3n) is 4.54. The van der Waals surface area contributed by atoms with E-state index in [9.17, 15) is 0 Å². The molecule has 1 aromatic heterocycles. The molecule has 0 aliphatic heterocycles. The van der Waals surface area contributed by atoms with Crippen molar-refractivity contribution in [1.29, 1.82) is 0 Å². The van der Waals surface area contributed by atoms with Crippen molar-refractivity contribution in [1.82, 2.24) is 9.97 Å². The van der Waals surface area contributed by atoms with Gasteiger partial charge in [-0.1, -0.05) is 97.9 Å². The highest BCUT2D eigenvalue weighted by Crippen LogP contribution is 2.33. The number of rotatable bonds is 4. The Morgan fingerprint density at radius 2 is 1.20 bits per heavy atom. The predicted octanol–water partition coefficient (Wildman–Crippen LogP) is 5.90. The van der Waals surface area contributed by atoms with E-state index in [0.29, 0.717) is 0 Å². The van der Waals surface area contributed by atoms with Gasteiger partial charge in [0, 0.05) is 17.0 Å². The topological polar surface area (TPSA) is 28.7 Å². The average molecular weight is 324 g/mol. The van der Waals surface area contributed by atoms with E-state index in [4.69, 9.17) is 4.98 Å². The minimum Gasteiger partial charge on any atom is -0.341 e. The third-order valence-corrected chi connectivity index (χ3v) is 4.54. The predicted molar refractivity (Wildman–Crippen MR) is 103 cm³/mol. The molecule has 4 aromatic rings. The fraction of sp³-hybridized carbons (Fsp3) is 0.0870. The Morgan fingerprint density at radius 3 is 1.80 bits per heavy atom. The van der Waals surface area contributed by atoms with Crippen LogP contribution in [0.2, 0.25) is 0 Å². The second-order valence-electron chi connectivity index (χ2n) is 6.21. The van der Waals surface area contributed by atoms with Crippen LogP contribution in [0.3, 0.4) is 0 Å². The molecular weight excluding hydrogens is 304 g/mol. The van der Waals surface area contributed by atoms with Crippen LogP contribution in [0.4, 0.5) is 0 Å². The molecule has 0 saturated heterocycles. The SMILES string of the molecule is CC(c1ccccc1)c1nc(-c2ccccc2)c(-c2ccccc2)[nH]1. The number of nitrogens with one attached hydrogen (secondary N) is 1. The lowest BCUT2D eigenvalue weighted by Crippen LogP contribution is -1.98. The van der Waals surface area contributed by atoms with Crippen molar-refractivity contribution in [2.24, 2.45) is 0 Å². The van der Waals surface area contributed by atoms with Gasteiger partial charge in [-0.15, -0.1) is 0 Å². The molecule has 4 rings (SSSR count). The Hall–Kier alpha value is -3.13. The molecule has 3 aromatic carbocycles. The minimum absolute atomic E-state index is 0.209. The highest BCUT2D eigenvalue weighted by atomic mass is 14.9. The molecular formula is C23H20N2. The van der Waals surface area contributed by atoms with Crippen LogP contribution in [0.25, 0.3) is 22.5 Å². The van der Waals surface area contributed by atoms with E-state index in [1.54, 1.807) is 0 Å². The highest BCUT2D eigenvalue weighted by molar-refractivity contribution is 5.78. The van der Waals surface area contributed by atoms with Crippen LogP contribution in [0.15, 0.2) is 91.0 Å². The molecule has 2 heteroatoms. The Morgan fingerprint density at radius 1 is 0.680 bits per heavy atom. The number of H-pyrrole nitrogens is 1. The number of benzene rings is 3. The second kappa shape index (κ2) is 6.78. The summed E-state index contributed by atoms with van der Waals surface area (Å²) in [5.74, 6) is 1.20. The Labute approximate surface area is 148 Å². The first-order valence-electron chi connectivity index (χ1n) is 8.58. The zero-order valence-electron chi connectivity index (χ0n) is 14.2. The molecule has 1 heterocycles. The normalized spacial score (nSPS) is 12.0. The first-order chi connectivity index (χ1) is 12.3. The zero-order chi connectivity index (χ0) is 17.1. The van der Waals surface area contributed by atoms with E-state index in [1.165, 1.54) is 5.56 Å². The molecule has 122 valence electrons. The number of imidazole rings is 1. The van der Waals surface area contributed by atoms with Gasteiger partial charge in [0.2, 0.25) is 0 Å². The quantitative estimate of drug-likeness (QED) is 0.498. The average Bonchev–Trinajstić information content (AvgIpc) is 3.15. The number of hydrogen-bond donors (Lipinski definition) is 1. The maximum absolute atomic E-state index is 4.98. The van der Waals surface area contributed by atoms with Crippen LogP contribution < -0.4 is 0 Å². The lowest BCUT2D eigenvalue weighted by atomic mass is 10.0. The lowest BCUT2D eigenvalue weighted by Gasteiger charge is -2.08. The largest absolute Gasteiger partial charge is 0.341 e. The fourth-order valence-electron chi connectivity index (χ4n) is 3.11. The van der Waals surface area contributed by atoms with Crippen molar-refractivity contribution in [2.45, 2.75) is 12.8 Å². The maximum Gasteiger partial charge on any atom is 0.114 e. The molecule has 1 atom stereocenters. The van der Waals surface area contributed by atoms with Crippen LogP contribution >= 0.6 is 0 Å². The molecule has 0 aliphatic rings. The molecule has 0 fully saturated rings. The van der Waals surface area contributed by atoms with Crippen LogP contribution in [0.5, 0.6) is 0 Å².